The van der Waals surface area contributed by atoms with E-state index in [0.717, 1.165) is 61.8 Å². The van der Waals surface area contributed by atoms with Crippen LogP contribution in [0.25, 0.3) is 0 Å². The van der Waals surface area contributed by atoms with Crippen LogP contribution in [0.15, 0.2) is 18.2 Å². The largest absolute Gasteiger partial charge is 0.490 e. The van der Waals surface area contributed by atoms with E-state index < -0.39 is 11.4 Å². The summed E-state index contributed by atoms with van der Waals surface area (Å²) in [6.07, 6.45) is 9.46. The first-order valence-electron chi connectivity index (χ1n) is 8.64. The zero-order valence-electron chi connectivity index (χ0n) is 13.4. The van der Waals surface area contributed by atoms with Gasteiger partial charge in [0.05, 0.1) is 11.5 Å². The number of carboxylic acid groups (broad SMARTS) is 1. The van der Waals surface area contributed by atoms with Gasteiger partial charge in [-0.2, -0.15) is 0 Å². The van der Waals surface area contributed by atoms with Crippen LogP contribution in [0.1, 0.15) is 68.9 Å². The van der Waals surface area contributed by atoms with Crippen LogP contribution in [-0.4, -0.2) is 17.2 Å². The Morgan fingerprint density at radius 1 is 1.14 bits per heavy atom. The summed E-state index contributed by atoms with van der Waals surface area (Å²) in [7, 11) is 0. The molecule has 0 bridgehead atoms. The van der Waals surface area contributed by atoms with Gasteiger partial charge in [0.25, 0.3) is 0 Å². The maximum atomic E-state index is 12.2. The van der Waals surface area contributed by atoms with E-state index in [2.05, 4.69) is 0 Å². The van der Waals surface area contributed by atoms with Crippen LogP contribution in [0, 0.1) is 6.92 Å². The normalized spacial score (nSPS) is 21.7. The van der Waals surface area contributed by atoms with E-state index >= 15 is 0 Å². The Labute approximate surface area is 132 Å². The number of hydrogen-bond donors (Lipinski definition) is 1. The van der Waals surface area contributed by atoms with E-state index in [4.69, 9.17) is 4.74 Å². The lowest BCUT2D eigenvalue weighted by Crippen LogP contribution is -2.39. The average Bonchev–Trinajstić information content (AvgIpc) is 3.01. The molecule has 0 radical (unpaired) electrons. The van der Waals surface area contributed by atoms with Crippen molar-refractivity contribution in [3.05, 3.63) is 29.3 Å². The highest BCUT2D eigenvalue weighted by Gasteiger charge is 2.44. The molecule has 2 aliphatic carbocycles. The molecule has 0 atom stereocenters. The molecule has 0 aliphatic heterocycles. The van der Waals surface area contributed by atoms with Crippen molar-refractivity contribution in [2.24, 2.45) is 0 Å². The summed E-state index contributed by atoms with van der Waals surface area (Å²) in [5.74, 6) is 0.133. The fraction of sp³-hybridized carbons (Fsp3) is 0.632. The first-order valence-corrected chi connectivity index (χ1v) is 8.64. The number of hydrogen-bond acceptors (Lipinski definition) is 2. The second-order valence-electron chi connectivity index (χ2n) is 6.92. The van der Waals surface area contributed by atoms with Gasteiger partial charge in [0.15, 0.2) is 0 Å². The van der Waals surface area contributed by atoms with Crippen LogP contribution in [0.4, 0.5) is 0 Å². The van der Waals surface area contributed by atoms with Gasteiger partial charge in [-0.25, -0.2) is 0 Å². The number of carbonyl (C=O) groups is 1. The first kappa shape index (κ1) is 15.4. The molecule has 3 rings (SSSR count). The van der Waals surface area contributed by atoms with E-state index in [-0.39, 0.29) is 6.10 Å². The molecule has 120 valence electrons. The molecule has 0 aromatic heterocycles. The van der Waals surface area contributed by atoms with Crippen molar-refractivity contribution in [1.29, 1.82) is 0 Å². The van der Waals surface area contributed by atoms with E-state index in [1.165, 1.54) is 12.8 Å². The number of aryl methyl sites for hydroxylation is 1. The quantitative estimate of drug-likeness (QED) is 0.884. The number of benzene rings is 1. The Morgan fingerprint density at radius 2 is 1.82 bits per heavy atom. The smallest absolute Gasteiger partial charge is 0.314 e. The Kier molecular flexibility index (Phi) is 4.42. The van der Waals surface area contributed by atoms with Gasteiger partial charge in [0.2, 0.25) is 0 Å². The van der Waals surface area contributed by atoms with Gasteiger partial charge in [-0.1, -0.05) is 31.4 Å². The van der Waals surface area contributed by atoms with Crippen LogP contribution in [-0.2, 0) is 10.2 Å². The second-order valence-corrected chi connectivity index (χ2v) is 6.92. The number of aliphatic carboxylic acids is 1. The molecular weight excluding hydrogens is 276 g/mol. The van der Waals surface area contributed by atoms with Crippen molar-refractivity contribution in [2.45, 2.75) is 76.2 Å². The summed E-state index contributed by atoms with van der Waals surface area (Å²) < 4.78 is 6.25. The van der Waals surface area contributed by atoms with Crippen LogP contribution in [0.2, 0.25) is 0 Å². The van der Waals surface area contributed by atoms with Gasteiger partial charge < -0.3 is 9.84 Å². The molecule has 1 aromatic carbocycles. The highest BCUT2D eigenvalue weighted by atomic mass is 16.5. The Morgan fingerprint density at radius 3 is 2.45 bits per heavy atom. The lowest BCUT2D eigenvalue weighted by molar-refractivity contribution is -0.145. The number of rotatable bonds is 4. The summed E-state index contributed by atoms with van der Waals surface area (Å²) in [6.45, 7) is 2.02. The van der Waals surface area contributed by atoms with Crippen molar-refractivity contribution in [2.75, 3.05) is 0 Å². The third kappa shape index (κ3) is 2.73. The molecule has 1 aromatic rings. The summed E-state index contributed by atoms with van der Waals surface area (Å²) in [5, 5.41) is 10.00. The molecule has 0 heterocycles. The molecule has 2 saturated carbocycles. The molecule has 1 N–H and O–H groups in total. The summed E-state index contributed by atoms with van der Waals surface area (Å²) in [6, 6.07) is 5.98. The summed E-state index contributed by atoms with van der Waals surface area (Å²) in [5.41, 5.74) is 1.24. The standard InChI is InChI=1S/C19H26O3/c1-14-8-7-11-16(22-15-9-3-4-10-15)17(14)19(18(20)21)12-5-2-6-13-19/h7-8,11,15H,2-6,9-10,12-13H2,1H3,(H,20,21). The van der Waals surface area contributed by atoms with Crippen molar-refractivity contribution in [1.82, 2.24) is 0 Å². The average molecular weight is 302 g/mol. The zero-order valence-corrected chi connectivity index (χ0v) is 13.4. The van der Waals surface area contributed by atoms with E-state index in [0.29, 0.717) is 0 Å². The Hall–Kier alpha value is -1.51. The Bertz CT molecular complexity index is 538. The van der Waals surface area contributed by atoms with Crippen LogP contribution in [0.3, 0.4) is 0 Å². The van der Waals surface area contributed by atoms with E-state index in [9.17, 15) is 9.90 Å². The molecule has 0 unspecified atom stereocenters. The maximum absolute atomic E-state index is 12.2. The minimum atomic E-state index is -0.752. The summed E-state index contributed by atoms with van der Waals surface area (Å²) in [4.78, 5) is 12.2. The predicted molar refractivity (Wildman–Crippen MR) is 86.5 cm³/mol. The van der Waals surface area contributed by atoms with Crippen molar-refractivity contribution in [3.63, 3.8) is 0 Å². The van der Waals surface area contributed by atoms with Crippen LogP contribution >= 0.6 is 0 Å². The van der Waals surface area contributed by atoms with E-state index in [1.54, 1.807) is 0 Å². The van der Waals surface area contributed by atoms with Gasteiger partial charge in [-0.05, 0) is 57.1 Å². The fourth-order valence-corrected chi connectivity index (χ4v) is 4.26. The topological polar surface area (TPSA) is 46.5 Å². The van der Waals surface area contributed by atoms with Gasteiger partial charge >= 0.3 is 5.97 Å². The molecule has 22 heavy (non-hydrogen) atoms. The SMILES string of the molecule is Cc1cccc(OC2CCCC2)c1C1(C(=O)O)CCCCC1. The van der Waals surface area contributed by atoms with Gasteiger partial charge in [-0.3, -0.25) is 4.79 Å². The fourth-order valence-electron chi connectivity index (χ4n) is 4.26. The molecule has 2 aliphatic rings. The van der Waals surface area contributed by atoms with Gasteiger partial charge in [-0.15, -0.1) is 0 Å². The third-order valence-corrected chi connectivity index (χ3v) is 5.43. The molecule has 0 amide bonds. The second kappa shape index (κ2) is 6.31. The molecule has 0 spiro atoms. The highest BCUT2D eigenvalue weighted by Crippen LogP contribution is 2.45. The van der Waals surface area contributed by atoms with Gasteiger partial charge in [0.1, 0.15) is 5.75 Å². The van der Waals surface area contributed by atoms with Crippen LogP contribution in [0.5, 0.6) is 5.75 Å². The highest BCUT2D eigenvalue weighted by molar-refractivity contribution is 5.83. The summed E-state index contributed by atoms with van der Waals surface area (Å²) >= 11 is 0. The first-order chi connectivity index (χ1) is 10.6. The monoisotopic (exact) mass is 302 g/mol. The molecule has 3 nitrogen and oxygen atoms in total. The molecule has 0 saturated heterocycles. The predicted octanol–water partition coefficient (Wildman–Crippen LogP) is 4.60. The van der Waals surface area contributed by atoms with Crippen molar-refractivity contribution in [3.8, 4) is 5.75 Å². The molecular formula is C19H26O3. The molecule has 3 heteroatoms. The lowest BCUT2D eigenvalue weighted by atomic mass is 9.68. The van der Waals surface area contributed by atoms with E-state index in [1.807, 2.05) is 25.1 Å². The minimum Gasteiger partial charge on any atom is -0.490 e. The van der Waals surface area contributed by atoms with Crippen molar-refractivity contribution < 1.29 is 14.6 Å². The Balaban J connectivity index is 2.01. The van der Waals surface area contributed by atoms with Crippen LogP contribution < -0.4 is 4.74 Å². The maximum Gasteiger partial charge on any atom is 0.314 e. The number of ether oxygens (including phenoxy) is 1. The zero-order chi connectivity index (χ0) is 15.6. The van der Waals surface area contributed by atoms with Gasteiger partial charge in [0, 0.05) is 5.56 Å². The number of carboxylic acids is 1. The van der Waals surface area contributed by atoms with Crippen molar-refractivity contribution >= 4 is 5.97 Å². The molecule has 2 fully saturated rings. The third-order valence-electron chi connectivity index (χ3n) is 5.43. The minimum absolute atomic E-state index is 0.259. The lowest BCUT2D eigenvalue weighted by Gasteiger charge is -2.36.